The Morgan fingerprint density at radius 3 is 2.52 bits per heavy atom. The first-order chi connectivity index (χ1) is 9.97. The third-order valence-corrected chi connectivity index (χ3v) is 3.90. The van der Waals surface area contributed by atoms with Crippen LogP contribution in [0.25, 0.3) is 0 Å². The Hall–Kier alpha value is -1.60. The molecule has 0 saturated heterocycles. The van der Waals surface area contributed by atoms with Crippen LogP contribution in [0, 0.1) is 5.92 Å². The van der Waals surface area contributed by atoms with Gasteiger partial charge >= 0.3 is 11.9 Å². The summed E-state index contributed by atoms with van der Waals surface area (Å²) in [6.07, 6.45) is -1.00. The van der Waals surface area contributed by atoms with Crippen LogP contribution in [-0.4, -0.2) is 37.6 Å². The molecule has 114 valence electrons. The molecule has 1 heterocycles. The van der Waals surface area contributed by atoms with Gasteiger partial charge in [-0.3, -0.25) is 9.59 Å². The van der Waals surface area contributed by atoms with Crippen molar-refractivity contribution in [1.29, 1.82) is 0 Å². The SMILES string of the molecule is COC(=O)C(C(=O)OC)[C@H]1CC(O)Oc2ccc(Br)cc21. The van der Waals surface area contributed by atoms with E-state index in [-0.39, 0.29) is 6.42 Å². The number of carbonyl (C=O) groups is 2. The number of methoxy groups -OCH3 is 2. The highest BCUT2D eigenvalue weighted by Crippen LogP contribution is 2.42. The fraction of sp³-hybridized carbons (Fsp3) is 0.429. The molecule has 0 saturated carbocycles. The van der Waals surface area contributed by atoms with Gasteiger partial charge < -0.3 is 19.3 Å². The quantitative estimate of drug-likeness (QED) is 0.652. The molecule has 7 heteroatoms. The first-order valence-electron chi connectivity index (χ1n) is 6.27. The molecular weight excluding hydrogens is 344 g/mol. The number of aliphatic hydroxyl groups is 1. The molecule has 0 aliphatic carbocycles. The predicted octanol–water partition coefficient (Wildman–Crippen LogP) is 1.60. The third-order valence-electron chi connectivity index (χ3n) is 3.40. The zero-order valence-corrected chi connectivity index (χ0v) is 13.1. The molecule has 2 atom stereocenters. The van der Waals surface area contributed by atoms with E-state index in [2.05, 4.69) is 15.9 Å². The van der Waals surface area contributed by atoms with Gasteiger partial charge in [0, 0.05) is 22.4 Å². The van der Waals surface area contributed by atoms with Gasteiger partial charge in [0.1, 0.15) is 5.75 Å². The fourth-order valence-electron chi connectivity index (χ4n) is 2.45. The lowest BCUT2D eigenvalue weighted by atomic mass is 9.81. The summed E-state index contributed by atoms with van der Waals surface area (Å²) < 4.78 is 15.5. The summed E-state index contributed by atoms with van der Waals surface area (Å²) in [4.78, 5) is 23.9. The number of benzene rings is 1. The minimum Gasteiger partial charge on any atom is -0.468 e. The van der Waals surface area contributed by atoms with Gasteiger partial charge in [-0.15, -0.1) is 0 Å². The average molecular weight is 359 g/mol. The summed E-state index contributed by atoms with van der Waals surface area (Å²) in [5.41, 5.74) is 0.649. The normalized spacial score (nSPS) is 20.4. The van der Waals surface area contributed by atoms with Crippen molar-refractivity contribution in [2.75, 3.05) is 14.2 Å². The van der Waals surface area contributed by atoms with Crippen LogP contribution in [0.2, 0.25) is 0 Å². The lowest BCUT2D eigenvalue weighted by Crippen LogP contribution is -2.37. The fourth-order valence-corrected chi connectivity index (χ4v) is 2.83. The first kappa shape index (κ1) is 15.8. The summed E-state index contributed by atoms with van der Waals surface area (Å²) in [6.45, 7) is 0. The van der Waals surface area contributed by atoms with E-state index in [1.807, 2.05) is 0 Å². The summed E-state index contributed by atoms with van der Waals surface area (Å²) in [7, 11) is 2.41. The molecule has 0 radical (unpaired) electrons. The van der Waals surface area contributed by atoms with E-state index in [9.17, 15) is 14.7 Å². The Labute approximate surface area is 130 Å². The van der Waals surface area contributed by atoms with Gasteiger partial charge in [-0.2, -0.15) is 0 Å². The smallest absolute Gasteiger partial charge is 0.320 e. The van der Waals surface area contributed by atoms with Crippen molar-refractivity contribution in [3.63, 3.8) is 0 Å². The Kier molecular flexibility index (Phi) is 4.84. The number of fused-ring (bicyclic) bond motifs is 1. The number of carbonyl (C=O) groups excluding carboxylic acids is 2. The molecule has 1 aromatic carbocycles. The molecule has 0 spiro atoms. The highest BCUT2D eigenvalue weighted by Gasteiger charge is 2.42. The molecule has 0 aromatic heterocycles. The lowest BCUT2D eigenvalue weighted by molar-refractivity contribution is -0.161. The number of hydrogen-bond acceptors (Lipinski definition) is 6. The highest BCUT2D eigenvalue weighted by molar-refractivity contribution is 9.10. The van der Waals surface area contributed by atoms with Crippen molar-refractivity contribution in [2.45, 2.75) is 18.6 Å². The van der Waals surface area contributed by atoms with Crippen LogP contribution in [0.3, 0.4) is 0 Å². The number of hydrogen-bond donors (Lipinski definition) is 1. The maximum absolute atomic E-state index is 12.0. The van der Waals surface area contributed by atoms with Crippen LogP contribution in [-0.2, 0) is 19.1 Å². The molecule has 1 unspecified atom stereocenters. The minimum atomic E-state index is -1.15. The molecule has 0 bridgehead atoms. The number of esters is 2. The van der Waals surface area contributed by atoms with Gasteiger partial charge in [-0.05, 0) is 18.2 Å². The van der Waals surface area contributed by atoms with Gasteiger partial charge in [0.05, 0.1) is 14.2 Å². The Balaban J connectivity index is 2.48. The molecule has 1 aliphatic rings. The van der Waals surface area contributed by atoms with E-state index in [1.165, 1.54) is 14.2 Å². The molecule has 0 amide bonds. The maximum Gasteiger partial charge on any atom is 0.320 e. The zero-order valence-electron chi connectivity index (χ0n) is 11.5. The second-order valence-electron chi connectivity index (χ2n) is 4.62. The van der Waals surface area contributed by atoms with E-state index in [0.29, 0.717) is 11.3 Å². The largest absolute Gasteiger partial charge is 0.468 e. The second-order valence-corrected chi connectivity index (χ2v) is 5.54. The summed E-state index contributed by atoms with van der Waals surface area (Å²) in [5.74, 6) is -2.70. The van der Waals surface area contributed by atoms with Crippen molar-refractivity contribution < 1.29 is 28.9 Å². The maximum atomic E-state index is 12.0. The topological polar surface area (TPSA) is 82.1 Å². The summed E-state index contributed by atoms with van der Waals surface area (Å²) in [5, 5.41) is 9.82. The number of halogens is 1. The lowest BCUT2D eigenvalue weighted by Gasteiger charge is -2.32. The first-order valence-corrected chi connectivity index (χ1v) is 7.07. The molecule has 1 aromatic rings. The van der Waals surface area contributed by atoms with E-state index in [1.54, 1.807) is 18.2 Å². The van der Waals surface area contributed by atoms with E-state index < -0.39 is 30.1 Å². The van der Waals surface area contributed by atoms with Crippen LogP contribution in [0.15, 0.2) is 22.7 Å². The van der Waals surface area contributed by atoms with Gasteiger partial charge in [0.2, 0.25) is 0 Å². The highest BCUT2D eigenvalue weighted by atomic mass is 79.9. The molecule has 1 N–H and O–H groups in total. The third kappa shape index (κ3) is 3.19. The van der Waals surface area contributed by atoms with E-state index >= 15 is 0 Å². The molecular formula is C14H15BrO6. The zero-order chi connectivity index (χ0) is 15.6. The van der Waals surface area contributed by atoms with Crippen molar-refractivity contribution in [2.24, 2.45) is 5.92 Å². The number of ether oxygens (including phenoxy) is 3. The van der Waals surface area contributed by atoms with E-state index in [4.69, 9.17) is 14.2 Å². The monoisotopic (exact) mass is 358 g/mol. The van der Waals surface area contributed by atoms with Crippen molar-refractivity contribution in [3.8, 4) is 5.75 Å². The molecule has 2 rings (SSSR count). The number of rotatable bonds is 3. The van der Waals surface area contributed by atoms with Gasteiger partial charge in [0.25, 0.3) is 0 Å². The van der Waals surface area contributed by atoms with E-state index in [0.717, 1.165) is 4.47 Å². The molecule has 1 aliphatic heterocycles. The van der Waals surface area contributed by atoms with Crippen molar-refractivity contribution in [3.05, 3.63) is 28.2 Å². The van der Waals surface area contributed by atoms with Crippen molar-refractivity contribution >= 4 is 27.9 Å². The van der Waals surface area contributed by atoms with Crippen LogP contribution in [0.1, 0.15) is 17.9 Å². The number of aliphatic hydroxyl groups excluding tert-OH is 1. The van der Waals surface area contributed by atoms with Crippen LogP contribution in [0.4, 0.5) is 0 Å². The van der Waals surface area contributed by atoms with Gasteiger partial charge in [-0.1, -0.05) is 15.9 Å². The molecule has 21 heavy (non-hydrogen) atoms. The van der Waals surface area contributed by atoms with Crippen LogP contribution < -0.4 is 4.74 Å². The average Bonchev–Trinajstić information content (AvgIpc) is 2.47. The Bertz CT molecular complexity index is 542. The Morgan fingerprint density at radius 2 is 1.95 bits per heavy atom. The Morgan fingerprint density at radius 1 is 1.33 bits per heavy atom. The summed E-state index contributed by atoms with van der Waals surface area (Å²) >= 11 is 3.34. The van der Waals surface area contributed by atoms with Crippen LogP contribution in [0.5, 0.6) is 5.75 Å². The van der Waals surface area contributed by atoms with Crippen LogP contribution >= 0.6 is 15.9 Å². The predicted molar refractivity (Wildman–Crippen MR) is 75.7 cm³/mol. The molecule has 0 fully saturated rings. The minimum absolute atomic E-state index is 0.0956. The van der Waals surface area contributed by atoms with Crippen molar-refractivity contribution in [1.82, 2.24) is 0 Å². The molecule has 6 nitrogen and oxygen atoms in total. The summed E-state index contributed by atoms with van der Waals surface area (Å²) in [6, 6.07) is 5.17. The van der Waals surface area contributed by atoms with Gasteiger partial charge in [0.15, 0.2) is 12.2 Å². The standard InChI is InChI=1S/C14H15BrO6/c1-19-13(17)12(14(18)20-2)9-6-11(16)21-10-4-3-7(15)5-8(9)10/h3-5,9,11-12,16H,6H2,1-2H3/t9-,11?/m0/s1. The second kappa shape index (κ2) is 6.44. The van der Waals surface area contributed by atoms with Gasteiger partial charge in [-0.25, -0.2) is 0 Å².